The van der Waals surface area contributed by atoms with E-state index >= 15 is 0 Å². The van der Waals surface area contributed by atoms with E-state index in [0.717, 1.165) is 6.42 Å². The molecule has 150 valence electrons. The number of rotatable bonds is 1. The van der Waals surface area contributed by atoms with E-state index in [1.807, 2.05) is 12.2 Å². The van der Waals surface area contributed by atoms with Crippen LogP contribution in [0, 0.1) is 27.9 Å². The van der Waals surface area contributed by atoms with Crippen LogP contribution in [0.15, 0.2) is 77.3 Å². The standard InChI is InChI=1S/C16H12Br.C5H5.2CH3.2ClH.Si.Zr/c1-11-9-14-13(12-5-3-2-4-6-12)7-8-16(17)15(14)10-11;1-2-4-5-3-1;;;;;;/h2-10H,1H3;1-3H,4H2;2*1H3;2*1H;;/q4*-1;;;;. The summed E-state index contributed by atoms with van der Waals surface area (Å²) in [6, 6.07) is 19.3. The van der Waals surface area contributed by atoms with Crippen LogP contribution in [-0.2, 0) is 23.3 Å². The summed E-state index contributed by atoms with van der Waals surface area (Å²) >= 11 is 4.97. The predicted octanol–water partition coefficient (Wildman–Crippen LogP) is 7.96. The van der Waals surface area contributed by atoms with Crippen molar-refractivity contribution in [3.05, 3.63) is 104 Å². The van der Waals surface area contributed by atoms with Gasteiger partial charge in [-0.2, -0.15) is 12.1 Å². The SMILES string of the molecule is Cc1cc2c(-c3ccccc3)ccc(Br)c2[cH-]1.Cl.Cl.[C-]1=CC=CC1.[CH3-].[CH3-].[Si]=[Zr]. The zero-order valence-corrected chi connectivity index (χ0v) is 23.0. The Bertz CT molecular complexity index is 848. The number of allylic oxidation sites excluding steroid dienone is 4. The van der Waals surface area contributed by atoms with Crippen molar-refractivity contribution in [2.45, 2.75) is 13.3 Å². The molecule has 1 aliphatic carbocycles. The molecule has 28 heavy (non-hydrogen) atoms. The van der Waals surface area contributed by atoms with E-state index in [2.05, 4.69) is 96.5 Å². The first-order valence-corrected chi connectivity index (χ1v) is 12.6. The number of benzene rings is 2. The van der Waals surface area contributed by atoms with Gasteiger partial charge in [-0.1, -0.05) is 59.4 Å². The molecule has 1 aliphatic rings. The van der Waals surface area contributed by atoms with E-state index in [9.17, 15) is 0 Å². The predicted molar refractivity (Wildman–Crippen MR) is 132 cm³/mol. The van der Waals surface area contributed by atoms with E-state index in [4.69, 9.17) is 0 Å². The molecule has 0 heterocycles. The van der Waals surface area contributed by atoms with Gasteiger partial charge >= 0.3 is 30.2 Å². The van der Waals surface area contributed by atoms with Gasteiger partial charge in [0.25, 0.3) is 0 Å². The second-order valence-electron chi connectivity index (χ2n) is 5.32. The maximum atomic E-state index is 3.62. The van der Waals surface area contributed by atoms with Crippen molar-refractivity contribution < 1.29 is 23.3 Å². The summed E-state index contributed by atoms with van der Waals surface area (Å²) in [6.07, 6.45) is 10.0. The van der Waals surface area contributed by atoms with Crippen molar-refractivity contribution in [1.82, 2.24) is 0 Å². The van der Waals surface area contributed by atoms with Crippen molar-refractivity contribution in [1.29, 1.82) is 0 Å². The van der Waals surface area contributed by atoms with Crippen molar-refractivity contribution >= 4 is 58.4 Å². The minimum atomic E-state index is 0. The van der Waals surface area contributed by atoms with Crippen LogP contribution in [0.3, 0.4) is 0 Å². The molecular weight excluding hydrogens is 546 g/mol. The molecule has 0 unspecified atom stereocenters. The van der Waals surface area contributed by atoms with Crippen LogP contribution in [0.5, 0.6) is 0 Å². The summed E-state index contributed by atoms with van der Waals surface area (Å²) in [5.41, 5.74) is 3.89. The van der Waals surface area contributed by atoms with Crippen molar-refractivity contribution in [2.75, 3.05) is 0 Å². The summed E-state index contributed by atoms with van der Waals surface area (Å²) in [5, 5.41) is 2.62. The fourth-order valence-corrected chi connectivity index (χ4v) is 3.08. The molecule has 0 N–H and O–H groups in total. The van der Waals surface area contributed by atoms with Crippen molar-refractivity contribution in [2.24, 2.45) is 0 Å². The second-order valence-corrected chi connectivity index (χ2v) is 6.18. The molecule has 0 saturated heterocycles. The minimum absolute atomic E-state index is 0. The van der Waals surface area contributed by atoms with Gasteiger partial charge in [-0.25, -0.2) is 12.2 Å². The van der Waals surface area contributed by atoms with Gasteiger partial charge in [-0.15, -0.1) is 69.6 Å². The van der Waals surface area contributed by atoms with E-state index in [0.29, 0.717) is 0 Å². The van der Waals surface area contributed by atoms with Crippen LogP contribution in [0.25, 0.3) is 21.9 Å². The Hall–Kier alpha value is -0.310. The van der Waals surface area contributed by atoms with Crippen LogP contribution in [0.4, 0.5) is 0 Å². The summed E-state index contributed by atoms with van der Waals surface area (Å²) in [5.74, 6) is 0. The van der Waals surface area contributed by atoms with Crippen molar-refractivity contribution in [3.63, 3.8) is 0 Å². The first kappa shape index (κ1) is 32.4. The Morgan fingerprint density at radius 1 is 1.04 bits per heavy atom. The van der Waals surface area contributed by atoms with Crippen LogP contribution in [0.2, 0.25) is 0 Å². The molecule has 5 heteroatoms. The second kappa shape index (κ2) is 17.5. The fourth-order valence-electron chi connectivity index (χ4n) is 2.62. The molecule has 2 radical (unpaired) electrons. The monoisotopic (exact) mass is 568 g/mol. The van der Waals surface area contributed by atoms with Gasteiger partial charge in [-0.3, -0.25) is 6.08 Å². The third-order valence-electron chi connectivity index (χ3n) is 3.65. The Morgan fingerprint density at radius 3 is 2.18 bits per heavy atom. The van der Waals surface area contributed by atoms with Crippen LogP contribution in [-0.4, -0.2) is 6.88 Å². The molecule has 0 aliphatic heterocycles. The van der Waals surface area contributed by atoms with E-state index < -0.39 is 0 Å². The number of fused-ring (bicyclic) bond motifs is 1. The Labute approximate surface area is 208 Å². The Balaban J connectivity index is -0.000000496. The first-order valence-electron chi connectivity index (χ1n) is 7.63. The quantitative estimate of drug-likeness (QED) is 0.205. The van der Waals surface area contributed by atoms with Gasteiger partial charge in [0.1, 0.15) is 0 Å². The van der Waals surface area contributed by atoms with E-state index in [1.165, 1.54) is 55.3 Å². The molecule has 0 amide bonds. The number of hydrogen-bond acceptors (Lipinski definition) is 0. The zero-order valence-electron chi connectivity index (χ0n) is 16.3. The average molecular weight is 572 g/mol. The third-order valence-corrected chi connectivity index (χ3v) is 4.34. The molecule has 0 aromatic heterocycles. The molecule has 0 atom stereocenters. The molecule has 0 saturated carbocycles. The molecule has 0 bridgehead atoms. The van der Waals surface area contributed by atoms with Gasteiger partial charge in [0.2, 0.25) is 0 Å². The molecule has 0 nitrogen and oxygen atoms in total. The van der Waals surface area contributed by atoms with Gasteiger partial charge in [-0.05, 0) is 5.56 Å². The average Bonchev–Trinajstić information content (AvgIpc) is 3.31. The molecule has 3 aromatic rings. The first-order chi connectivity index (χ1) is 11.8. The summed E-state index contributed by atoms with van der Waals surface area (Å²) in [7, 11) is 0. The molecule has 4 rings (SSSR count). The maximum absolute atomic E-state index is 3.62. The topological polar surface area (TPSA) is 0 Å². The summed E-state index contributed by atoms with van der Waals surface area (Å²) < 4.78 is 1.17. The number of halogens is 3. The fraction of sp³-hybridized carbons (Fsp3) is 0.0870. The van der Waals surface area contributed by atoms with Gasteiger partial charge in [0, 0.05) is 0 Å². The molecule has 0 fully saturated rings. The van der Waals surface area contributed by atoms with Gasteiger partial charge in [0.05, 0.1) is 0 Å². The van der Waals surface area contributed by atoms with Gasteiger partial charge < -0.3 is 14.9 Å². The number of hydrogen-bond donors (Lipinski definition) is 0. The van der Waals surface area contributed by atoms with Crippen LogP contribution < -0.4 is 0 Å². The van der Waals surface area contributed by atoms with Crippen LogP contribution in [0.1, 0.15) is 12.0 Å². The molecular formula is C23H25BrCl2SiZr-4. The Kier molecular flexibility index (Phi) is 20.3. The van der Waals surface area contributed by atoms with Crippen LogP contribution >= 0.6 is 40.7 Å². The summed E-state index contributed by atoms with van der Waals surface area (Å²) in [4.78, 5) is 0. The molecule has 3 aromatic carbocycles. The molecule has 0 spiro atoms. The van der Waals surface area contributed by atoms with E-state index in [1.54, 1.807) is 0 Å². The van der Waals surface area contributed by atoms with Crippen molar-refractivity contribution in [3.8, 4) is 11.1 Å². The normalized spacial score (nSPS) is 9.89. The Morgan fingerprint density at radius 2 is 1.68 bits per heavy atom. The zero-order chi connectivity index (χ0) is 17.4. The van der Waals surface area contributed by atoms with E-state index in [-0.39, 0.29) is 39.7 Å². The third kappa shape index (κ3) is 9.01. The number of aryl methyl sites for hydroxylation is 1. The summed E-state index contributed by atoms with van der Waals surface area (Å²) in [6.45, 7) is 5.20. The van der Waals surface area contributed by atoms with Gasteiger partial charge in [0.15, 0.2) is 0 Å².